The summed E-state index contributed by atoms with van der Waals surface area (Å²) in [5.74, 6) is 0.978. The summed E-state index contributed by atoms with van der Waals surface area (Å²) in [4.78, 5) is 13.2. The predicted octanol–water partition coefficient (Wildman–Crippen LogP) is 1.04. The van der Waals surface area contributed by atoms with Gasteiger partial charge in [0, 0.05) is 6.54 Å². The van der Waals surface area contributed by atoms with Crippen molar-refractivity contribution in [2.24, 2.45) is 0 Å². The van der Waals surface area contributed by atoms with Crippen molar-refractivity contribution in [3.8, 4) is 0 Å². The molecule has 1 amide bonds. The molecule has 0 bridgehead atoms. The van der Waals surface area contributed by atoms with E-state index in [4.69, 9.17) is 4.42 Å². The van der Waals surface area contributed by atoms with Gasteiger partial charge < -0.3 is 9.32 Å². The molecule has 1 saturated heterocycles. The first-order valence-corrected chi connectivity index (χ1v) is 4.81. The minimum Gasteiger partial charge on any atom is -0.465 e. The van der Waals surface area contributed by atoms with E-state index in [-0.39, 0.29) is 12.1 Å². The van der Waals surface area contributed by atoms with E-state index in [1.54, 1.807) is 11.2 Å². The summed E-state index contributed by atoms with van der Waals surface area (Å²) in [6, 6.07) is 1.91. The van der Waals surface area contributed by atoms with Gasteiger partial charge in [-0.05, 0) is 25.5 Å². The van der Waals surface area contributed by atoms with E-state index in [1.165, 1.54) is 0 Å². The van der Waals surface area contributed by atoms with Crippen LogP contribution in [0.1, 0.15) is 24.4 Å². The number of likely N-dealkylation sites (N-methyl/N-ethyl adjacent to an activating group) is 1. The molecule has 0 spiro atoms. The van der Waals surface area contributed by atoms with Gasteiger partial charge in [-0.25, -0.2) is 0 Å². The fraction of sp³-hybridized carbons (Fsp3) is 0.500. The van der Waals surface area contributed by atoms with Crippen molar-refractivity contribution >= 4 is 5.91 Å². The minimum atomic E-state index is -0.0810. The zero-order valence-electron chi connectivity index (χ0n) is 8.41. The Labute approximate surface area is 82.9 Å². The number of amides is 1. The first kappa shape index (κ1) is 9.27. The lowest BCUT2D eigenvalue weighted by atomic mass is 10.2. The van der Waals surface area contributed by atoms with Gasteiger partial charge in [-0.3, -0.25) is 10.1 Å². The first-order valence-electron chi connectivity index (χ1n) is 4.81. The van der Waals surface area contributed by atoms with Crippen LogP contribution in [-0.4, -0.2) is 23.9 Å². The van der Waals surface area contributed by atoms with Crippen molar-refractivity contribution in [1.82, 2.24) is 10.2 Å². The molecule has 0 aromatic carbocycles. The second kappa shape index (κ2) is 3.46. The molecule has 76 valence electrons. The Bertz CT molecular complexity index is 346. The summed E-state index contributed by atoms with van der Waals surface area (Å²) in [6.07, 6.45) is 1.57. The lowest BCUT2D eigenvalue weighted by Gasteiger charge is -2.21. The Hall–Kier alpha value is -1.29. The van der Waals surface area contributed by atoms with Gasteiger partial charge in [0.1, 0.15) is 11.9 Å². The van der Waals surface area contributed by atoms with E-state index in [1.807, 2.05) is 19.9 Å². The van der Waals surface area contributed by atoms with Crippen LogP contribution >= 0.6 is 0 Å². The van der Waals surface area contributed by atoms with Crippen LogP contribution in [0.25, 0.3) is 0 Å². The van der Waals surface area contributed by atoms with Gasteiger partial charge in [0.25, 0.3) is 0 Å². The molecule has 4 nitrogen and oxygen atoms in total. The standard InChI is InChI=1S/C10H14N2O2/c1-3-12-8(13)6-11-10(12)9-7(2)4-5-14-9/h4-5,10-11H,3,6H2,1-2H3. The smallest absolute Gasteiger partial charge is 0.238 e. The highest BCUT2D eigenvalue weighted by atomic mass is 16.3. The molecular formula is C10H14N2O2. The molecule has 4 heteroatoms. The fourth-order valence-electron chi connectivity index (χ4n) is 1.80. The van der Waals surface area contributed by atoms with Gasteiger partial charge in [-0.2, -0.15) is 0 Å². The number of carbonyl (C=O) groups is 1. The molecule has 2 heterocycles. The Morgan fingerprint density at radius 3 is 3.07 bits per heavy atom. The van der Waals surface area contributed by atoms with Gasteiger partial charge in [-0.1, -0.05) is 0 Å². The normalized spacial score (nSPS) is 22.0. The topological polar surface area (TPSA) is 45.5 Å². The highest BCUT2D eigenvalue weighted by Crippen LogP contribution is 2.25. The van der Waals surface area contributed by atoms with Crippen molar-refractivity contribution in [2.45, 2.75) is 20.0 Å². The molecule has 1 N–H and O–H groups in total. The maximum Gasteiger partial charge on any atom is 0.238 e. The van der Waals surface area contributed by atoms with Gasteiger partial charge in [0.15, 0.2) is 0 Å². The number of furan rings is 1. The summed E-state index contributed by atoms with van der Waals surface area (Å²) in [5.41, 5.74) is 1.08. The molecule has 1 fully saturated rings. The van der Waals surface area contributed by atoms with Gasteiger partial charge >= 0.3 is 0 Å². The molecule has 14 heavy (non-hydrogen) atoms. The first-order chi connectivity index (χ1) is 6.74. The summed E-state index contributed by atoms with van der Waals surface area (Å²) < 4.78 is 5.37. The quantitative estimate of drug-likeness (QED) is 0.765. The third-order valence-electron chi connectivity index (χ3n) is 2.57. The molecule has 0 aliphatic carbocycles. The van der Waals surface area contributed by atoms with Gasteiger partial charge in [0.05, 0.1) is 12.8 Å². The molecule has 1 unspecified atom stereocenters. The summed E-state index contributed by atoms with van der Waals surface area (Å²) in [7, 11) is 0. The predicted molar refractivity (Wildman–Crippen MR) is 51.6 cm³/mol. The van der Waals surface area contributed by atoms with Crippen molar-refractivity contribution < 1.29 is 9.21 Å². The number of nitrogens with zero attached hydrogens (tertiary/aromatic N) is 1. The lowest BCUT2D eigenvalue weighted by Crippen LogP contribution is -2.30. The van der Waals surface area contributed by atoms with Crippen LogP contribution in [0.3, 0.4) is 0 Å². The zero-order chi connectivity index (χ0) is 10.1. The Kier molecular flexibility index (Phi) is 2.29. The third kappa shape index (κ3) is 1.32. The molecule has 1 aliphatic rings. The maximum absolute atomic E-state index is 11.4. The van der Waals surface area contributed by atoms with Crippen LogP contribution in [0.15, 0.2) is 16.7 Å². The van der Waals surface area contributed by atoms with Crippen molar-refractivity contribution in [2.75, 3.05) is 13.1 Å². The monoisotopic (exact) mass is 194 g/mol. The molecule has 1 atom stereocenters. The van der Waals surface area contributed by atoms with E-state index in [0.717, 1.165) is 11.3 Å². The second-order valence-electron chi connectivity index (χ2n) is 3.43. The average molecular weight is 194 g/mol. The van der Waals surface area contributed by atoms with E-state index < -0.39 is 0 Å². The van der Waals surface area contributed by atoms with E-state index >= 15 is 0 Å². The third-order valence-corrected chi connectivity index (χ3v) is 2.57. The number of hydrogen-bond acceptors (Lipinski definition) is 3. The Morgan fingerprint density at radius 1 is 1.71 bits per heavy atom. The van der Waals surface area contributed by atoms with E-state index in [0.29, 0.717) is 13.1 Å². The molecule has 0 saturated carbocycles. The summed E-state index contributed by atoms with van der Waals surface area (Å²) >= 11 is 0. The van der Waals surface area contributed by atoms with Crippen LogP contribution in [-0.2, 0) is 4.79 Å². The summed E-state index contributed by atoms with van der Waals surface area (Å²) in [6.45, 7) is 5.06. The lowest BCUT2D eigenvalue weighted by molar-refractivity contribution is -0.128. The van der Waals surface area contributed by atoms with Crippen molar-refractivity contribution in [1.29, 1.82) is 0 Å². The largest absolute Gasteiger partial charge is 0.465 e. The van der Waals surface area contributed by atoms with E-state index in [9.17, 15) is 4.79 Å². The van der Waals surface area contributed by atoms with Crippen LogP contribution in [0, 0.1) is 6.92 Å². The van der Waals surface area contributed by atoms with E-state index in [2.05, 4.69) is 5.32 Å². The Morgan fingerprint density at radius 2 is 2.50 bits per heavy atom. The number of hydrogen-bond donors (Lipinski definition) is 1. The number of aryl methyl sites for hydroxylation is 1. The van der Waals surface area contributed by atoms with Crippen molar-refractivity contribution in [3.05, 3.63) is 23.7 Å². The van der Waals surface area contributed by atoms with Crippen LogP contribution in [0.4, 0.5) is 0 Å². The summed E-state index contributed by atoms with van der Waals surface area (Å²) in [5, 5.41) is 3.13. The van der Waals surface area contributed by atoms with Crippen molar-refractivity contribution in [3.63, 3.8) is 0 Å². The van der Waals surface area contributed by atoms with Crippen LogP contribution in [0.2, 0.25) is 0 Å². The molecular weight excluding hydrogens is 180 g/mol. The highest BCUT2D eigenvalue weighted by Gasteiger charge is 2.32. The van der Waals surface area contributed by atoms with Gasteiger partial charge in [0.2, 0.25) is 5.91 Å². The molecule has 2 rings (SSSR count). The average Bonchev–Trinajstić information content (AvgIpc) is 2.71. The second-order valence-corrected chi connectivity index (χ2v) is 3.43. The van der Waals surface area contributed by atoms with Crippen LogP contribution in [0.5, 0.6) is 0 Å². The zero-order valence-corrected chi connectivity index (χ0v) is 8.41. The molecule has 1 aromatic heterocycles. The highest BCUT2D eigenvalue weighted by molar-refractivity contribution is 5.80. The Balaban J connectivity index is 2.27. The number of nitrogens with one attached hydrogen (secondary N) is 1. The fourth-order valence-corrected chi connectivity index (χ4v) is 1.80. The number of rotatable bonds is 2. The minimum absolute atomic E-state index is 0.0810. The number of carbonyl (C=O) groups excluding carboxylic acids is 1. The maximum atomic E-state index is 11.4. The molecule has 1 aromatic rings. The van der Waals surface area contributed by atoms with Gasteiger partial charge in [-0.15, -0.1) is 0 Å². The molecule has 0 radical (unpaired) electrons. The SMILES string of the molecule is CCN1C(=O)CNC1c1occc1C. The molecule has 1 aliphatic heterocycles. The van der Waals surface area contributed by atoms with Crippen LogP contribution < -0.4 is 5.32 Å².